The van der Waals surface area contributed by atoms with E-state index in [1.54, 1.807) is 18.0 Å². The number of rotatable bonds is 6. The van der Waals surface area contributed by atoms with Gasteiger partial charge in [0, 0.05) is 41.8 Å². The second kappa shape index (κ2) is 8.91. The highest BCUT2D eigenvalue weighted by Crippen LogP contribution is 2.40. The molecule has 5 rings (SSSR count). The van der Waals surface area contributed by atoms with Crippen LogP contribution >= 0.6 is 0 Å². The van der Waals surface area contributed by atoms with E-state index in [-0.39, 0.29) is 0 Å². The number of H-pyrrole nitrogens is 1. The van der Waals surface area contributed by atoms with Crippen molar-refractivity contribution in [2.75, 3.05) is 38.7 Å². The highest BCUT2D eigenvalue weighted by molar-refractivity contribution is 5.95. The van der Waals surface area contributed by atoms with Gasteiger partial charge in [0.1, 0.15) is 12.1 Å². The van der Waals surface area contributed by atoms with E-state index in [4.69, 9.17) is 9.72 Å². The van der Waals surface area contributed by atoms with Crippen LogP contribution in [0, 0.1) is 6.92 Å². The van der Waals surface area contributed by atoms with Crippen molar-refractivity contribution in [1.82, 2.24) is 29.5 Å². The first kappa shape index (κ1) is 22.7. The third kappa shape index (κ3) is 3.70. The van der Waals surface area contributed by atoms with Gasteiger partial charge in [-0.25, -0.2) is 14.5 Å². The minimum absolute atomic E-state index is 0.332. The number of fused-ring (bicyclic) bond motifs is 2. The normalized spacial score (nSPS) is 15.4. The molecule has 0 radical (unpaired) electrons. The number of aromatic nitrogens is 5. The lowest BCUT2D eigenvalue weighted by atomic mass is 9.94. The molecular weight excluding hydrogens is 426 g/mol. The van der Waals surface area contributed by atoms with E-state index in [0.29, 0.717) is 23.4 Å². The Labute approximate surface area is 200 Å². The van der Waals surface area contributed by atoms with Crippen LogP contribution in [0.1, 0.15) is 50.7 Å². The van der Waals surface area contributed by atoms with Crippen LogP contribution in [0.5, 0.6) is 5.75 Å². The summed E-state index contributed by atoms with van der Waals surface area (Å²) in [6.07, 6.45) is 7.92. The Balaban J connectivity index is 1.59. The SMILES string of the molecule is CCN(C)C1CCN(c2ncc3[nH]c(-c4cc(OC)c5ncnn5c4)c(C(C)C)c3c2C)CC1. The minimum atomic E-state index is 0.332. The molecule has 0 amide bonds. The van der Waals surface area contributed by atoms with Gasteiger partial charge in [0.25, 0.3) is 0 Å². The van der Waals surface area contributed by atoms with Gasteiger partial charge < -0.3 is 19.5 Å². The highest BCUT2D eigenvalue weighted by atomic mass is 16.5. The zero-order chi connectivity index (χ0) is 24.0. The lowest BCUT2D eigenvalue weighted by Crippen LogP contribution is -2.43. The lowest BCUT2D eigenvalue weighted by molar-refractivity contribution is 0.217. The Hall–Kier alpha value is -3.13. The average molecular weight is 462 g/mol. The lowest BCUT2D eigenvalue weighted by Gasteiger charge is -2.37. The van der Waals surface area contributed by atoms with Crippen LogP contribution in [0.4, 0.5) is 5.82 Å². The van der Waals surface area contributed by atoms with E-state index in [1.165, 1.54) is 29.4 Å². The summed E-state index contributed by atoms with van der Waals surface area (Å²) in [6, 6.07) is 2.70. The summed E-state index contributed by atoms with van der Waals surface area (Å²) < 4.78 is 7.39. The van der Waals surface area contributed by atoms with Crippen molar-refractivity contribution >= 4 is 22.4 Å². The quantitative estimate of drug-likeness (QED) is 0.451. The molecule has 0 aliphatic carbocycles. The third-order valence-corrected chi connectivity index (χ3v) is 7.41. The number of piperidine rings is 1. The Bertz CT molecular complexity index is 1310. The Kier molecular flexibility index (Phi) is 5.93. The fourth-order valence-corrected chi connectivity index (χ4v) is 5.45. The number of ether oxygens (including phenoxy) is 1. The van der Waals surface area contributed by atoms with E-state index in [0.717, 1.165) is 42.2 Å². The first-order chi connectivity index (χ1) is 16.4. The number of anilines is 1. The number of methoxy groups -OCH3 is 1. The molecule has 0 atom stereocenters. The number of aryl methyl sites for hydroxylation is 1. The fraction of sp³-hybridized carbons (Fsp3) is 0.500. The molecule has 0 spiro atoms. The van der Waals surface area contributed by atoms with Gasteiger partial charge in [0.15, 0.2) is 11.4 Å². The van der Waals surface area contributed by atoms with Gasteiger partial charge in [-0.1, -0.05) is 20.8 Å². The summed E-state index contributed by atoms with van der Waals surface area (Å²) in [4.78, 5) is 17.9. The van der Waals surface area contributed by atoms with Crippen molar-refractivity contribution in [3.8, 4) is 17.0 Å². The molecule has 1 saturated heterocycles. The number of pyridine rings is 2. The van der Waals surface area contributed by atoms with Crippen LogP contribution in [0.2, 0.25) is 0 Å². The topological polar surface area (TPSA) is 74.6 Å². The molecule has 0 unspecified atom stereocenters. The Morgan fingerprint density at radius 2 is 2.00 bits per heavy atom. The predicted molar refractivity (Wildman–Crippen MR) is 137 cm³/mol. The van der Waals surface area contributed by atoms with Gasteiger partial charge in [0.2, 0.25) is 0 Å². The van der Waals surface area contributed by atoms with E-state index in [9.17, 15) is 0 Å². The van der Waals surface area contributed by atoms with Crippen molar-refractivity contribution in [2.45, 2.75) is 52.5 Å². The Morgan fingerprint density at radius 3 is 2.68 bits per heavy atom. The van der Waals surface area contributed by atoms with Gasteiger partial charge in [0.05, 0.1) is 24.5 Å². The fourth-order valence-electron chi connectivity index (χ4n) is 5.45. The minimum Gasteiger partial charge on any atom is -0.493 e. The maximum Gasteiger partial charge on any atom is 0.197 e. The highest BCUT2D eigenvalue weighted by Gasteiger charge is 2.26. The molecule has 180 valence electrons. The average Bonchev–Trinajstić information content (AvgIpc) is 3.48. The van der Waals surface area contributed by atoms with E-state index in [2.05, 4.69) is 59.6 Å². The van der Waals surface area contributed by atoms with Crippen molar-refractivity contribution in [1.29, 1.82) is 0 Å². The van der Waals surface area contributed by atoms with Crippen LogP contribution in [0.25, 0.3) is 27.8 Å². The van der Waals surface area contributed by atoms with Crippen LogP contribution < -0.4 is 9.64 Å². The third-order valence-electron chi connectivity index (χ3n) is 7.41. The molecule has 0 saturated carbocycles. The zero-order valence-electron chi connectivity index (χ0n) is 21.1. The summed E-state index contributed by atoms with van der Waals surface area (Å²) in [5, 5.41) is 5.63. The van der Waals surface area contributed by atoms with Crippen molar-refractivity contribution in [3.05, 3.63) is 35.9 Å². The van der Waals surface area contributed by atoms with Gasteiger partial charge in [-0.2, -0.15) is 5.10 Å². The van der Waals surface area contributed by atoms with E-state index >= 15 is 0 Å². The first-order valence-corrected chi connectivity index (χ1v) is 12.3. The zero-order valence-corrected chi connectivity index (χ0v) is 21.1. The summed E-state index contributed by atoms with van der Waals surface area (Å²) in [5.74, 6) is 2.15. The van der Waals surface area contributed by atoms with Gasteiger partial charge in [-0.05, 0) is 50.9 Å². The van der Waals surface area contributed by atoms with Gasteiger partial charge in [-0.3, -0.25) is 0 Å². The van der Waals surface area contributed by atoms with E-state index in [1.807, 2.05) is 18.5 Å². The number of nitrogens with zero attached hydrogens (tertiary/aromatic N) is 6. The molecule has 5 heterocycles. The van der Waals surface area contributed by atoms with Crippen molar-refractivity contribution in [3.63, 3.8) is 0 Å². The molecule has 0 bridgehead atoms. The van der Waals surface area contributed by atoms with Gasteiger partial charge >= 0.3 is 0 Å². The molecule has 1 fully saturated rings. The van der Waals surface area contributed by atoms with Crippen LogP contribution in [0.3, 0.4) is 0 Å². The second-order valence-corrected chi connectivity index (χ2v) is 9.68. The molecule has 8 heteroatoms. The van der Waals surface area contributed by atoms with Crippen LogP contribution in [-0.4, -0.2) is 69.3 Å². The molecule has 4 aromatic heterocycles. The van der Waals surface area contributed by atoms with Crippen molar-refractivity contribution < 1.29 is 4.74 Å². The summed E-state index contributed by atoms with van der Waals surface area (Å²) in [5.41, 5.74) is 6.45. The number of hydrogen-bond donors (Lipinski definition) is 1. The van der Waals surface area contributed by atoms with Crippen molar-refractivity contribution in [2.24, 2.45) is 0 Å². The van der Waals surface area contributed by atoms with Gasteiger partial charge in [-0.15, -0.1) is 0 Å². The first-order valence-electron chi connectivity index (χ1n) is 12.3. The predicted octanol–water partition coefficient (Wildman–Crippen LogP) is 4.63. The monoisotopic (exact) mass is 461 g/mol. The molecule has 8 nitrogen and oxygen atoms in total. The standard InChI is InChI=1S/C26H35N7O/c1-7-31(5)19-8-10-32(11-9-19)25-17(4)23-20(13-27-25)30-24(22(23)16(2)3)18-12-21(34-6)26-28-15-29-33(26)14-18/h12-16,19,30H,7-11H2,1-6H3. The van der Waals surface area contributed by atoms with Crippen LogP contribution in [-0.2, 0) is 0 Å². The molecule has 4 aromatic rings. The summed E-state index contributed by atoms with van der Waals surface area (Å²) in [6.45, 7) is 12.2. The largest absolute Gasteiger partial charge is 0.493 e. The molecular formula is C26H35N7O. The second-order valence-electron chi connectivity index (χ2n) is 9.68. The molecule has 1 N–H and O–H groups in total. The summed E-state index contributed by atoms with van der Waals surface area (Å²) >= 11 is 0. The number of nitrogens with one attached hydrogen (secondary N) is 1. The molecule has 0 aromatic carbocycles. The number of aromatic amines is 1. The molecule has 1 aliphatic heterocycles. The summed E-state index contributed by atoms with van der Waals surface area (Å²) in [7, 11) is 3.90. The molecule has 34 heavy (non-hydrogen) atoms. The van der Waals surface area contributed by atoms with Crippen LogP contribution in [0.15, 0.2) is 24.8 Å². The maximum absolute atomic E-state index is 5.62. The number of hydrogen-bond acceptors (Lipinski definition) is 6. The smallest absolute Gasteiger partial charge is 0.197 e. The Morgan fingerprint density at radius 1 is 1.24 bits per heavy atom. The maximum atomic E-state index is 5.62. The molecule has 1 aliphatic rings. The van der Waals surface area contributed by atoms with E-state index < -0.39 is 0 Å².